The van der Waals surface area contributed by atoms with Gasteiger partial charge in [0.1, 0.15) is 6.66 Å². The lowest BCUT2D eigenvalue weighted by molar-refractivity contribution is -0.116. The van der Waals surface area contributed by atoms with Crippen molar-refractivity contribution in [2.45, 2.75) is 12.8 Å². The molecule has 0 saturated carbocycles. The second-order valence-electron chi connectivity index (χ2n) is 3.31. The summed E-state index contributed by atoms with van der Waals surface area (Å²) in [6.45, 7) is 1.59. The summed E-state index contributed by atoms with van der Waals surface area (Å²) in [6, 6.07) is 9.87. The average Bonchev–Trinajstić information content (AvgIpc) is 2.15. The van der Waals surface area contributed by atoms with Gasteiger partial charge in [-0.15, -0.1) is 0 Å². The zero-order valence-corrected chi connectivity index (χ0v) is 9.17. The third-order valence-corrected chi connectivity index (χ3v) is 2.73. The van der Waals surface area contributed by atoms with Crippen LogP contribution in [0, 0.1) is 0 Å². The Morgan fingerprint density at radius 3 is 2.50 bits per heavy atom. The van der Waals surface area contributed by atoms with E-state index in [-0.39, 0.29) is 11.9 Å². The first-order valence-corrected chi connectivity index (χ1v) is 6.51. The minimum absolute atomic E-state index is 0.0949. The molecule has 0 aromatic heterocycles. The molecule has 3 heteroatoms. The Bertz CT molecular complexity index is 319. The predicted molar refractivity (Wildman–Crippen MR) is 58.2 cm³/mol. The monoisotopic (exact) mass is 209 g/mol. The van der Waals surface area contributed by atoms with Gasteiger partial charge in [0.15, 0.2) is 5.78 Å². The smallest absolute Gasteiger partial charge is 0.295 e. The molecule has 0 saturated heterocycles. The molecule has 1 atom stereocenters. The Morgan fingerprint density at radius 1 is 1.29 bits per heavy atom. The lowest BCUT2D eigenvalue weighted by atomic mass is 10.1. The van der Waals surface area contributed by atoms with Gasteiger partial charge in [0.05, 0.1) is 0 Å². The van der Waals surface area contributed by atoms with Crippen LogP contribution in [-0.2, 0) is 15.8 Å². The quantitative estimate of drug-likeness (QED) is 0.698. The largest absolute Gasteiger partial charge is 0.343 e. The minimum atomic E-state index is -1.32. The van der Waals surface area contributed by atoms with Gasteiger partial charge in [-0.25, -0.2) is 0 Å². The summed E-state index contributed by atoms with van der Waals surface area (Å²) >= 11 is 0. The highest BCUT2D eigenvalue weighted by Gasteiger charge is 2.13. The fraction of sp³-hybridized carbons (Fsp3) is 0.364. The number of ketones is 1. The first kappa shape index (κ1) is 11.1. The van der Waals surface area contributed by atoms with E-state index in [9.17, 15) is 9.36 Å². The fourth-order valence-corrected chi connectivity index (χ4v) is 1.91. The summed E-state index contributed by atoms with van der Waals surface area (Å²) in [6.07, 6.45) is 1.48. The molecule has 1 aromatic carbocycles. The Balaban J connectivity index is 2.34. The maximum absolute atomic E-state index is 11.2. The maximum Gasteiger partial charge on any atom is 0.343 e. The zero-order valence-electron chi connectivity index (χ0n) is 8.27. The number of benzene rings is 1. The third kappa shape index (κ3) is 4.29. The summed E-state index contributed by atoms with van der Waals surface area (Å²) in [7, 11) is -1.32. The van der Waals surface area contributed by atoms with Gasteiger partial charge in [-0.1, -0.05) is 34.9 Å². The van der Waals surface area contributed by atoms with Crippen LogP contribution in [0.5, 0.6) is 0 Å². The van der Waals surface area contributed by atoms with Crippen molar-refractivity contribution in [3.63, 3.8) is 0 Å². The molecule has 0 aliphatic carbocycles. The summed E-state index contributed by atoms with van der Waals surface area (Å²) < 4.78 is 10.8. The standard InChI is InChI=1S/C11H14O2P/c1-14(13)9-11(12)8-7-10-5-3-2-4-6-10/h2-6H,7-9H2,1H3/q+1. The van der Waals surface area contributed by atoms with Crippen molar-refractivity contribution in [1.82, 2.24) is 0 Å². The van der Waals surface area contributed by atoms with Gasteiger partial charge in [-0.3, -0.25) is 4.79 Å². The van der Waals surface area contributed by atoms with Crippen molar-refractivity contribution in [2.24, 2.45) is 0 Å². The molecule has 74 valence electrons. The van der Waals surface area contributed by atoms with Crippen LogP contribution in [0.2, 0.25) is 0 Å². The number of hydrogen-bond acceptors (Lipinski definition) is 2. The van der Waals surface area contributed by atoms with E-state index in [1.807, 2.05) is 30.3 Å². The first-order valence-electron chi connectivity index (χ1n) is 4.62. The van der Waals surface area contributed by atoms with Gasteiger partial charge in [0, 0.05) is 6.42 Å². The lowest BCUT2D eigenvalue weighted by Gasteiger charge is -1.97. The van der Waals surface area contributed by atoms with Crippen LogP contribution in [0.15, 0.2) is 30.3 Å². The molecule has 0 fully saturated rings. The highest BCUT2D eigenvalue weighted by molar-refractivity contribution is 7.44. The van der Waals surface area contributed by atoms with Crippen molar-refractivity contribution in [3.05, 3.63) is 35.9 Å². The zero-order chi connectivity index (χ0) is 10.4. The Kier molecular flexibility index (Phi) is 4.48. The van der Waals surface area contributed by atoms with Crippen LogP contribution in [0.25, 0.3) is 0 Å². The van der Waals surface area contributed by atoms with E-state index in [0.29, 0.717) is 6.42 Å². The van der Waals surface area contributed by atoms with Gasteiger partial charge in [-0.05, 0) is 12.0 Å². The molecule has 0 aliphatic rings. The van der Waals surface area contributed by atoms with Crippen LogP contribution in [0.1, 0.15) is 12.0 Å². The summed E-state index contributed by atoms with van der Waals surface area (Å²) in [5.74, 6) is 0.0949. The number of aryl methyl sites for hydroxylation is 1. The van der Waals surface area contributed by atoms with E-state index in [4.69, 9.17) is 0 Å². The normalized spacial score (nSPS) is 11.1. The molecule has 1 rings (SSSR count). The van der Waals surface area contributed by atoms with Crippen molar-refractivity contribution in [1.29, 1.82) is 0 Å². The molecule has 0 bridgehead atoms. The molecule has 2 nitrogen and oxygen atoms in total. The van der Waals surface area contributed by atoms with E-state index >= 15 is 0 Å². The number of carbonyl (C=O) groups excluding carboxylic acids is 1. The second kappa shape index (κ2) is 5.66. The van der Waals surface area contributed by atoms with Gasteiger partial charge < -0.3 is 0 Å². The Hall–Kier alpha value is -1.01. The molecule has 0 amide bonds. The molecule has 0 radical (unpaired) electrons. The van der Waals surface area contributed by atoms with E-state index in [1.165, 1.54) is 0 Å². The topological polar surface area (TPSA) is 34.1 Å². The number of rotatable bonds is 5. The van der Waals surface area contributed by atoms with Crippen LogP contribution >= 0.6 is 7.80 Å². The maximum atomic E-state index is 11.2. The highest BCUT2D eigenvalue weighted by atomic mass is 31.1. The number of Topliss-reactive ketones (excluding diaryl/α,β-unsaturated/α-hetero) is 1. The van der Waals surface area contributed by atoms with Crippen molar-refractivity contribution in [2.75, 3.05) is 12.8 Å². The Morgan fingerprint density at radius 2 is 1.93 bits per heavy atom. The molecule has 0 spiro atoms. The third-order valence-electron chi connectivity index (χ3n) is 1.93. The molecule has 1 aromatic rings. The summed E-state index contributed by atoms with van der Waals surface area (Å²) in [4.78, 5) is 11.2. The molecule has 0 N–H and O–H groups in total. The number of carbonyl (C=O) groups is 1. The molecular weight excluding hydrogens is 195 g/mol. The summed E-state index contributed by atoms with van der Waals surface area (Å²) in [5.41, 5.74) is 1.16. The van der Waals surface area contributed by atoms with Gasteiger partial charge >= 0.3 is 7.80 Å². The lowest BCUT2D eigenvalue weighted by Crippen LogP contribution is -2.02. The number of hydrogen-bond donors (Lipinski definition) is 0. The SMILES string of the molecule is C[P+](=O)CC(=O)CCc1ccccc1. The van der Waals surface area contributed by atoms with Crippen molar-refractivity contribution in [3.8, 4) is 0 Å². The molecular formula is C11H14O2P+. The van der Waals surface area contributed by atoms with E-state index < -0.39 is 7.80 Å². The minimum Gasteiger partial charge on any atom is -0.295 e. The van der Waals surface area contributed by atoms with Crippen LogP contribution in [0.3, 0.4) is 0 Å². The summed E-state index contributed by atoms with van der Waals surface area (Å²) in [5, 5.41) is 0. The van der Waals surface area contributed by atoms with Gasteiger partial charge in [0.2, 0.25) is 6.16 Å². The molecule has 0 heterocycles. The fourth-order valence-electron chi connectivity index (χ4n) is 1.26. The predicted octanol–water partition coefficient (Wildman–Crippen LogP) is 2.65. The highest BCUT2D eigenvalue weighted by Crippen LogP contribution is 2.14. The average molecular weight is 209 g/mol. The van der Waals surface area contributed by atoms with Gasteiger partial charge in [0.25, 0.3) is 0 Å². The van der Waals surface area contributed by atoms with E-state index in [1.54, 1.807) is 6.66 Å². The Labute approximate surface area is 85.1 Å². The first-order chi connectivity index (χ1) is 6.68. The molecule has 14 heavy (non-hydrogen) atoms. The second-order valence-corrected chi connectivity index (χ2v) is 4.88. The van der Waals surface area contributed by atoms with Crippen molar-refractivity contribution >= 4 is 13.6 Å². The van der Waals surface area contributed by atoms with Crippen LogP contribution in [0.4, 0.5) is 0 Å². The van der Waals surface area contributed by atoms with Crippen LogP contribution in [-0.4, -0.2) is 18.6 Å². The van der Waals surface area contributed by atoms with Crippen LogP contribution < -0.4 is 0 Å². The van der Waals surface area contributed by atoms with Gasteiger partial charge in [-0.2, -0.15) is 0 Å². The van der Waals surface area contributed by atoms with E-state index in [0.717, 1.165) is 12.0 Å². The van der Waals surface area contributed by atoms with Crippen molar-refractivity contribution < 1.29 is 9.36 Å². The molecule has 0 aliphatic heterocycles. The van der Waals surface area contributed by atoms with E-state index in [2.05, 4.69) is 0 Å². The molecule has 1 unspecified atom stereocenters.